The van der Waals surface area contributed by atoms with Crippen LogP contribution >= 0.6 is 0 Å². The standard InChI is InChI=1S/C6H13NS/c1-6-4-3-5-7(6)8-2/h6H,3-5H2,1-2H3/p+1. The van der Waals surface area contributed by atoms with Gasteiger partial charge >= 0.3 is 0 Å². The Kier molecular flexibility index (Phi) is 2.20. The van der Waals surface area contributed by atoms with Crippen LogP contribution in [-0.2, 0) is 11.9 Å². The zero-order valence-electron chi connectivity index (χ0n) is 5.59. The summed E-state index contributed by atoms with van der Waals surface area (Å²) in [6.07, 6.45) is 5.02. The van der Waals surface area contributed by atoms with Gasteiger partial charge in [0.1, 0.15) is 6.26 Å². The predicted molar refractivity (Wildman–Crippen MR) is 40.1 cm³/mol. The fourth-order valence-corrected chi connectivity index (χ4v) is 2.07. The first-order chi connectivity index (χ1) is 3.84. The summed E-state index contributed by atoms with van der Waals surface area (Å²) in [7, 11) is 0. The van der Waals surface area contributed by atoms with Gasteiger partial charge in [0.05, 0.1) is 18.0 Å². The fraction of sp³-hybridized carbons (Fsp3) is 1.00. The molecule has 48 valence electrons. The van der Waals surface area contributed by atoms with E-state index >= 15 is 0 Å². The minimum atomic E-state index is 0.849. The van der Waals surface area contributed by atoms with Gasteiger partial charge in [0.25, 0.3) is 0 Å². The first-order valence-electron chi connectivity index (χ1n) is 3.21. The highest BCUT2D eigenvalue weighted by molar-refractivity contribution is 7.75. The first-order valence-corrected chi connectivity index (χ1v) is 4.50. The van der Waals surface area contributed by atoms with Gasteiger partial charge in [0.2, 0.25) is 0 Å². The second kappa shape index (κ2) is 2.74. The minimum Gasteiger partial charge on any atom is -0.126 e. The van der Waals surface area contributed by atoms with Crippen molar-refractivity contribution in [1.82, 2.24) is 4.31 Å². The van der Waals surface area contributed by atoms with E-state index < -0.39 is 0 Å². The third-order valence-corrected chi connectivity index (χ3v) is 2.88. The molecule has 0 radical (unpaired) electrons. The quantitative estimate of drug-likeness (QED) is 0.377. The van der Waals surface area contributed by atoms with E-state index in [-0.39, 0.29) is 0 Å². The predicted octanol–water partition coefficient (Wildman–Crippen LogP) is 0.830. The molecule has 0 saturated carbocycles. The molecule has 0 bridgehead atoms. The van der Waals surface area contributed by atoms with Crippen molar-refractivity contribution in [2.75, 3.05) is 12.8 Å². The van der Waals surface area contributed by atoms with Gasteiger partial charge in [-0.15, -0.1) is 4.31 Å². The summed E-state index contributed by atoms with van der Waals surface area (Å²) in [6.45, 7) is 3.63. The van der Waals surface area contributed by atoms with Crippen molar-refractivity contribution < 1.29 is 0 Å². The first kappa shape index (κ1) is 6.43. The lowest BCUT2D eigenvalue weighted by atomic mass is 10.3. The molecule has 1 unspecified atom stereocenters. The fourth-order valence-electron chi connectivity index (χ4n) is 1.22. The maximum Gasteiger partial charge on any atom is 0.115 e. The molecule has 1 rings (SSSR count). The van der Waals surface area contributed by atoms with Crippen molar-refractivity contribution >= 4 is 11.9 Å². The average molecular weight is 132 g/mol. The van der Waals surface area contributed by atoms with Crippen LogP contribution in [0.1, 0.15) is 19.8 Å². The molecule has 8 heavy (non-hydrogen) atoms. The van der Waals surface area contributed by atoms with Crippen LogP contribution in [0.5, 0.6) is 0 Å². The van der Waals surface area contributed by atoms with Gasteiger partial charge in [-0.2, -0.15) is 0 Å². The van der Waals surface area contributed by atoms with Crippen LogP contribution in [0.3, 0.4) is 0 Å². The second-order valence-corrected chi connectivity index (χ2v) is 3.27. The maximum absolute atomic E-state index is 2.50. The maximum atomic E-state index is 2.50. The Balaban J connectivity index is 2.30. The average Bonchev–Trinajstić information content (AvgIpc) is 2.14. The number of hydrogen-bond donors (Lipinski definition) is 0. The molecule has 1 nitrogen and oxygen atoms in total. The molecule has 1 heterocycles. The number of thiol groups is 1. The Hall–Kier alpha value is 0.310. The lowest BCUT2D eigenvalue weighted by molar-refractivity contribution is 0.466. The molecular formula is C6H14NS+. The molecule has 0 aromatic rings. The zero-order chi connectivity index (χ0) is 5.98. The van der Waals surface area contributed by atoms with E-state index in [4.69, 9.17) is 0 Å². The highest BCUT2D eigenvalue weighted by Gasteiger charge is 2.23. The Morgan fingerprint density at radius 3 is 2.62 bits per heavy atom. The van der Waals surface area contributed by atoms with Crippen molar-refractivity contribution in [2.24, 2.45) is 0 Å². The molecule has 1 aliphatic rings. The third-order valence-electron chi connectivity index (χ3n) is 1.77. The number of nitrogens with zero attached hydrogens (tertiary/aromatic N) is 1. The summed E-state index contributed by atoms with van der Waals surface area (Å²) in [6, 6.07) is 0.849. The Labute approximate surface area is 55.6 Å². The SMILES string of the molecule is C[SH+]N1CCCC1C. The molecule has 0 N–H and O–H groups in total. The van der Waals surface area contributed by atoms with Crippen molar-refractivity contribution in [3.05, 3.63) is 0 Å². The molecule has 0 aromatic heterocycles. The van der Waals surface area contributed by atoms with Crippen LogP contribution in [0.2, 0.25) is 0 Å². The van der Waals surface area contributed by atoms with E-state index in [1.807, 2.05) is 0 Å². The van der Waals surface area contributed by atoms with E-state index in [0.717, 1.165) is 6.04 Å². The van der Waals surface area contributed by atoms with E-state index in [0.29, 0.717) is 0 Å². The topological polar surface area (TPSA) is 3.24 Å². The molecule has 1 aliphatic heterocycles. The van der Waals surface area contributed by atoms with Crippen LogP contribution in [0.25, 0.3) is 0 Å². The second-order valence-electron chi connectivity index (χ2n) is 2.35. The normalized spacial score (nSPS) is 31.5. The third kappa shape index (κ3) is 1.17. The Morgan fingerprint density at radius 1 is 1.62 bits per heavy atom. The summed E-state index contributed by atoms with van der Waals surface area (Å²) < 4.78 is 2.50. The molecule has 1 fully saturated rings. The number of rotatable bonds is 1. The van der Waals surface area contributed by atoms with E-state index in [1.54, 1.807) is 0 Å². The highest BCUT2D eigenvalue weighted by atomic mass is 32.2. The van der Waals surface area contributed by atoms with E-state index in [2.05, 4.69) is 17.5 Å². The number of hydrogen-bond acceptors (Lipinski definition) is 1. The molecule has 0 aromatic carbocycles. The summed E-state index contributed by atoms with van der Waals surface area (Å²) in [5.41, 5.74) is 0. The van der Waals surface area contributed by atoms with Crippen LogP contribution in [0.15, 0.2) is 0 Å². The van der Waals surface area contributed by atoms with Gasteiger partial charge in [-0.3, -0.25) is 0 Å². The molecule has 0 amide bonds. The molecule has 1 saturated heterocycles. The largest absolute Gasteiger partial charge is 0.126 e. The van der Waals surface area contributed by atoms with E-state index in [1.165, 1.54) is 31.3 Å². The van der Waals surface area contributed by atoms with E-state index in [9.17, 15) is 0 Å². The molecule has 1 atom stereocenters. The zero-order valence-corrected chi connectivity index (χ0v) is 6.49. The van der Waals surface area contributed by atoms with Crippen LogP contribution < -0.4 is 0 Å². The van der Waals surface area contributed by atoms with Gasteiger partial charge in [0, 0.05) is 6.54 Å². The van der Waals surface area contributed by atoms with Gasteiger partial charge in [-0.1, -0.05) is 0 Å². The minimum absolute atomic E-state index is 0.849. The summed E-state index contributed by atoms with van der Waals surface area (Å²) >= 11 is 1.45. The Bertz CT molecular complexity index is 74.9. The van der Waals surface area contributed by atoms with Gasteiger partial charge in [-0.25, -0.2) is 0 Å². The van der Waals surface area contributed by atoms with Crippen LogP contribution in [-0.4, -0.2) is 23.1 Å². The summed E-state index contributed by atoms with van der Waals surface area (Å²) in [5, 5.41) is 0. The van der Waals surface area contributed by atoms with Crippen molar-refractivity contribution in [3.8, 4) is 0 Å². The molecule has 0 spiro atoms. The van der Waals surface area contributed by atoms with Crippen LogP contribution in [0, 0.1) is 0 Å². The van der Waals surface area contributed by atoms with Gasteiger partial charge in [-0.05, 0) is 19.8 Å². The summed E-state index contributed by atoms with van der Waals surface area (Å²) in [4.78, 5) is 0. The lowest BCUT2D eigenvalue weighted by Gasteiger charge is -2.07. The molecular weight excluding hydrogens is 118 g/mol. The van der Waals surface area contributed by atoms with Crippen LogP contribution in [0.4, 0.5) is 0 Å². The van der Waals surface area contributed by atoms with Crippen molar-refractivity contribution in [1.29, 1.82) is 0 Å². The smallest absolute Gasteiger partial charge is 0.115 e. The molecule has 0 aliphatic carbocycles. The monoisotopic (exact) mass is 132 g/mol. The highest BCUT2D eigenvalue weighted by Crippen LogP contribution is 2.15. The van der Waals surface area contributed by atoms with Gasteiger partial charge < -0.3 is 0 Å². The Morgan fingerprint density at radius 2 is 2.38 bits per heavy atom. The molecule has 2 heteroatoms. The lowest BCUT2D eigenvalue weighted by Crippen LogP contribution is -2.24. The summed E-state index contributed by atoms with van der Waals surface area (Å²) in [5.74, 6) is 0. The van der Waals surface area contributed by atoms with Crippen molar-refractivity contribution in [2.45, 2.75) is 25.8 Å². The van der Waals surface area contributed by atoms with Gasteiger partial charge in [0.15, 0.2) is 0 Å². The van der Waals surface area contributed by atoms with Crippen molar-refractivity contribution in [3.63, 3.8) is 0 Å².